The third-order valence-electron chi connectivity index (χ3n) is 4.57. The summed E-state index contributed by atoms with van der Waals surface area (Å²) in [5.41, 5.74) is 2.16. The SMILES string of the molecule is O=C(O)N1CCC1(c1ccc(-c2ccccc2)cc1)c1nn[nH]n1. The molecule has 4 rings (SSSR count). The van der Waals surface area contributed by atoms with Gasteiger partial charge in [-0.15, -0.1) is 10.2 Å². The van der Waals surface area contributed by atoms with Crippen LogP contribution in [0.4, 0.5) is 4.79 Å². The average molecular weight is 321 g/mol. The maximum atomic E-state index is 11.6. The highest BCUT2D eigenvalue weighted by Crippen LogP contribution is 2.44. The van der Waals surface area contributed by atoms with Crippen molar-refractivity contribution >= 4 is 6.09 Å². The number of benzene rings is 2. The number of aromatic amines is 1. The van der Waals surface area contributed by atoms with Gasteiger partial charge < -0.3 is 5.11 Å². The number of carbonyl (C=O) groups is 1. The van der Waals surface area contributed by atoms with Crippen molar-refractivity contribution in [3.8, 4) is 11.1 Å². The van der Waals surface area contributed by atoms with Gasteiger partial charge in [0, 0.05) is 13.0 Å². The molecular weight excluding hydrogens is 306 g/mol. The molecule has 1 unspecified atom stereocenters. The lowest BCUT2D eigenvalue weighted by Crippen LogP contribution is -2.60. The monoisotopic (exact) mass is 321 g/mol. The largest absolute Gasteiger partial charge is 0.465 e. The molecule has 0 aliphatic carbocycles. The van der Waals surface area contributed by atoms with E-state index >= 15 is 0 Å². The Balaban J connectivity index is 1.76. The molecule has 1 aromatic heterocycles. The van der Waals surface area contributed by atoms with Crippen LogP contribution in [0.15, 0.2) is 54.6 Å². The lowest BCUT2D eigenvalue weighted by atomic mass is 9.77. The van der Waals surface area contributed by atoms with E-state index in [0.29, 0.717) is 18.8 Å². The summed E-state index contributed by atoms with van der Waals surface area (Å²) >= 11 is 0. The number of hydrogen-bond acceptors (Lipinski definition) is 4. The highest BCUT2D eigenvalue weighted by molar-refractivity contribution is 5.70. The molecule has 1 saturated heterocycles. The molecule has 24 heavy (non-hydrogen) atoms. The lowest BCUT2D eigenvalue weighted by molar-refractivity contribution is 0.0186. The number of rotatable bonds is 3. The molecule has 1 amide bonds. The van der Waals surface area contributed by atoms with Crippen LogP contribution in [0, 0.1) is 0 Å². The summed E-state index contributed by atoms with van der Waals surface area (Å²) in [5, 5.41) is 23.6. The molecule has 3 aromatic rings. The number of nitrogens with one attached hydrogen (secondary N) is 1. The van der Waals surface area contributed by atoms with Gasteiger partial charge in [0.1, 0.15) is 5.54 Å². The van der Waals surface area contributed by atoms with Crippen molar-refractivity contribution in [1.82, 2.24) is 25.5 Å². The first kappa shape index (κ1) is 14.4. The topological polar surface area (TPSA) is 95.0 Å². The number of hydrogen-bond donors (Lipinski definition) is 2. The lowest BCUT2D eigenvalue weighted by Gasteiger charge is -2.49. The van der Waals surface area contributed by atoms with Gasteiger partial charge in [0.25, 0.3) is 0 Å². The minimum atomic E-state index is -0.988. The van der Waals surface area contributed by atoms with Crippen LogP contribution in [0.25, 0.3) is 11.1 Å². The van der Waals surface area contributed by atoms with Gasteiger partial charge in [0.15, 0.2) is 0 Å². The number of amides is 1. The number of aromatic nitrogens is 4. The van der Waals surface area contributed by atoms with E-state index in [2.05, 4.69) is 20.6 Å². The van der Waals surface area contributed by atoms with Crippen LogP contribution in [-0.4, -0.2) is 43.3 Å². The minimum absolute atomic E-state index is 0.378. The third kappa shape index (κ3) is 2.05. The zero-order chi connectivity index (χ0) is 16.6. The highest BCUT2D eigenvalue weighted by Gasteiger charge is 2.53. The molecular formula is C17H15N5O2. The molecule has 2 heterocycles. The summed E-state index contributed by atoms with van der Waals surface area (Å²) in [6.45, 7) is 0.449. The predicted octanol–water partition coefficient (Wildman–Crippen LogP) is 2.49. The Hall–Kier alpha value is -3.22. The molecule has 0 spiro atoms. The maximum Gasteiger partial charge on any atom is 0.408 e. The number of nitrogens with zero attached hydrogens (tertiary/aromatic N) is 4. The normalized spacial score (nSPS) is 19.8. The molecule has 0 bridgehead atoms. The molecule has 1 atom stereocenters. The Morgan fingerprint density at radius 3 is 2.33 bits per heavy atom. The predicted molar refractivity (Wildman–Crippen MR) is 86.2 cm³/mol. The summed E-state index contributed by atoms with van der Waals surface area (Å²) < 4.78 is 0. The zero-order valence-corrected chi connectivity index (χ0v) is 12.8. The molecule has 1 aliphatic rings. The molecule has 120 valence electrons. The van der Waals surface area contributed by atoms with E-state index in [1.165, 1.54) is 4.90 Å². The number of likely N-dealkylation sites (tertiary alicyclic amines) is 1. The quantitative estimate of drug-likeness (QED) is 0.773. The van der Waals surface area contributed by atoms with Crippen molar-refractivity contribution < 1.29 is 9.90 Å². The van der Waals surface area contributed by atoms with Crippen molar-refractivity contribution in [2.24, 2.45) is 0 Å². The van der Waals surface area contributed by atoms with E-state index < -0.39 is 11.6 Å². The molecule has 7 heteroatoms. The van der Waals surface area contributed by atoms with Crippen LogP contribution in [0.1, 0.15) is 17.8 Å². The van der Waals surface area contributed by atoms with Crippen molar-refractivity contribution in [2.45, 2.75) is 12.0 Å². The Bertz CT molecular complexity index is 848. The summed E-state index contributed by atoms with van der Waals surface area (Å²) in [4.78, 5) is 13.0. The third-order valence-corrected chi connectivity index (χ3v) is 4.57. The smallest absolute Gasteiger partial charge is 0.408 e. The zero-order valence-electron chi connectivity index (χ0n) is 12.8. The van der Waals surface area contributed by atoms with Crippen LogP contribution < -0.4 is 0 Å². The fourth-order valence-corrected chi connectivity index (χ4v) is 3.27. The second kappa shape index (κ2) is 5.45. The number of H-pyrrole nitrogens is 1. The first-order valence-electron chi connectivity index (χ1n) is 7.62. The molecule has 1 aliphatic heterocycles. The number of tetrazole rings is 1. The van der Waals surface area contributed by atoms with Crippen molar-refractivity contribution in [3.63, 3.8) is 0 Å². The first-order chi connectivity index (χ1) is 11.7. The van der Waals surface area contributed by atoms with E-state index in [4.69, 9.17) is 0 Å². The van der Waals surface area contributed by atoms with Gasteiger partial charge in [-0.05, 0) is 16.7 Å². The minimum Gasteiger partial charge on any atom is -0.465 e. The van der Waals surface area contributed by atoms with Gasteiger partial charge in [-0.25, -0.2) is 4.79 Å². The van der Waals surface area contributed by atoms with Crippen LogP contribution in [-0.2, 0) is 5.54 Å². The van der Waals surface area contributed by atoms with Gasteiger partial charge in [0.05, 0.1) is 0 Å². The Morgan fingerprint density at radius 2 is 1.79 bits per heavy atom. The molecule has 0 saturated carbocycles. The van der Waals surface area contributed by atoms with Gasteiger partial charge in [-0.2, -0.15) is 5.21 Å². The molecule has 0 radical (unpaired) electrons. The fraction of sp³-hybridized carbons (Fsp3) is 0.176. The van der Waals surface area contributed by atoms with Crippen molar-refractivity contribution in [2.75, 3.05) is 6.54 Å². The van der Waals surface area contributed by atoms with Crippen molar-refractivity contribution in [3.05, 3.63) is 66.0 Å². The van der Waals surface area contributed by atoms with Gasteiger partial charge in [-0.3, -0.25) is 4.90 Å². The van der Waals surface area contributed by atoms with Gasteiger partial charge in [0.2, 0.25) is 5.82 Å². The van der Waals surface area contributed by atoms with E-state index in [1.54, 1.807) is 0 Å². The number of carboxylic acid groups (broad SMARTS) is 1. The molecule has 7 nitrogen and oxygen atoms in total. The highest BCUT2D eigenvalue weighted by atomic mass is 16.4. The van der Waals surface area contributed by atoms with Crippen LogP contribution >= 0.6 is 0 Å². The van der Waals surface area contributed by atoms with Crippen LogP contribution in [0.5, 0.6) is 0 Å². The molecule has 2 N–H and O–H groups in total. The second-order valence-electron chi connectivity index (χ2n) is 5.72. The van der Waals surface area contributed by atoms with E-state index in [-0.39, 0.29) is 0 Å². The van der Waals surface area contributed by atoms with Gasteiger partial charge >= 0.3 is 6.09 Å². The van der Waals surface area contributed by atoms with Crippen LogP contribution in [0.2, 0.25) is 0 Å². The summed E-state index contributed by atoms with van der Waals surface area (Å²) in [7, 11) is 0. The molecule has 2 aromatic carbocycles. The van der Waals surface area contributed by atoms with Gasteiger partial charge in [-0.1, -0.05) is 59.8 Å². The Labute approximate surface area is 137 Å². The fourth-order valence-electron chi connectivity index (χ4n) is 3.27. The second-order valence-corrected chi connectivity index (χ2v) is 5.72. The standard InChI is InChI=1S/C17H15N5O2/c23-16(24)22-11-10-17(22,15-18-20-21-19-15)14-8-6-13(7-9-14)12-4-2-1-3-5-12/h1-9H,10-11H2,(H,23,24)(H,18,19,20,21). The van der Waals surface area contributed by atoms with E-state index in [1.807, 2.05) is 54.6 Å². The summed E-state index contributed by atoms with van der Waals surface area (Å²) in [6.07, 6.45) is -0.359. The Morgan fingerprint density at radius 1 is 1.08 bits per heavy atom. The van der Waals surface area contributed by atoms with Crippen LogP contribution in [0.3, 0.4) is 0 Å². The summed E-state index contributed by atoms with van der Waals surface area (Å²) in [6, 6.07) is 17.9. The molecule has 1 fully saturated rings. The van der Waals surface area contributed by atoms with Crippen molar-refractivity contribution in [1.29, 1.82) is 0 Å². The average Bonchev–Trinajstić information content (AvgIpc) is 3.10. The van der Waals surface area contributed by atoms with E-state index in [9.17, 15) is 9.90 Å². The first-order valence-corrected chi connectivity index (χ1v) is 7.62. The van der Waals surface area contributed by atoms with E-state index in [0.717, 1.165) is 16.7 Å². The maximum absolute atomic E-state index is 11.6. The summed E-state index contributed by atoms with van der Waals surface area (Å²) in [5.74, 6) is 0.378. The Kier molecular flexibility index (Phi) is 3.26.